The Balaban J connectivity index is 2.53. The van der Waals surface area contributed by atoms with Gasteiger partial charge in [0.1, 0.15) is 9.77 Å². The third-order valence-electron chi connectivity index (χ3n) is 3.18. The molecule has 0 bridgehead atoms. The number of carboxylic acids is 1. The first kappa shape index (κ1) is 19.9. The van der Waals surface area contributed by atoms with E-state index in [1.54, 1.807) is 0 Å². The van der Waals surface area contributed by atoms with E-state index in [9.17, 15) is 26.4 Å². The number of esters is 1. The highest BCUT2D eigenvalue weighted by Gasteiger charge is 2.28. The molecule has 0 saturated carbocycles. The first-order chi connectivity index (χ1) is 12.0. The van der Waals surface area contributed by atoms with Gasteiger partial charge in [0, 0.05) is 11.6 Å². The maximum atomic E-state index is 12.5. The Labute approximate surface area is 153 Å². The topological polar surface area (TPSA) is 144 Å². The number of benzene rings is 1. The van der Waals surface area contributed by atoms with Crippen LogP contribution in [0.2, 0.25) is 0 Å². The van der Waals surface area contributed by atoms with Crippen LogP contribution >= 0.6 is 11.3 Å². The molecule has 0 amide bonds. The van der Waals surface area contributed by atoms with E-state index in [2.05, 4.69) is 9.46 Å². The van der Waals surface area contributed by atoms with Gasteiger partial charge in [-0.3, -0.25) is 4.72 Å². The average Bonchev–Trinajstić information content (AvgIpc) is 2.97. The molecule has 1 aromatic heterocycles. The molecule has 0 aliphatic heterocycles. The van der Waals surface area contributed by atoms with Crippen molar-refractivity contribution in [1.82, 2.24) is 0 Å². The van der Waals surface area contributed by atoms with Gasteiger partial charge in [0.05, 0.1) is 23.3 Å². The second kappa shape index (κ2) is 7.05. The standard InChI is InChI=1S/C14H13NO8S3/c1-23-14(18)12-11(10(7-24-12)25(2,19)20)15-26(21,22)9-5-3-8(4-6-9)13(16)17/h3-7,15H,1-2H3,(H,16,17). The molecule has 12 heteroatoms. The van der Waals surface area contributed by atoms with Crippen molar-refractivity contribution in [1.29, 1.82) is 0 Å². The van der Waals surface area contributed by atoms with Crippen LogP contribution in [0.5, 0.6) is 0 Å². The van der Waals surface area contributed by atoms with Crippen LogP contribution in [0.3, 0.4) is 0 Å². The summed E-state index contributed by atoms with van der Waals surface area (Å²) in [7, 11) is -7.04. The minimum atomic E-state index is -4.28. The highest BCUT2D eigenvalue weighted by Crippen LogP contribution is 2.34. The second-order valence-corrected chi connectivity index (χ2v) is 9.55. The Hall–Kier alpha value is -2.44. The third kappa shape index (κ3) is 4.03. The number of nitrogens with one attached hydrogen (secondary N) is 1. The Morgan fingerprint density at radius 2 is 1.69 bits per heavy atom. The van der Waals surface area contributed by atoms with Gasteiger partial charge in [0.2, 0.25) is 0 Å². The van der Waals surface area contributed by atoms with Gasteiger partial charge >= 0.3 is 11.9 Å². The van der Waals surface area contributed by atoms with Crippen LogP contribution in [0.1, 0.15) is 20.0 Å². The summed E-state index contributed by atoms with van der Waals surface area (Å²) in [5.74, 6) is -2.13. The fourth-order valence-corrected chi connectivity index (χ4v) is 5.38. The number of hydrogen-bond acceptors (Lipinski definition) is 8. The quantitative estimate of drug-likeness (QED) is 0.669. The zero-order valence-electron chi connectivity index (χ0n) is 13.4. The fourth-order valence-electron chi connectivity index (χ4n) is 1.92. The average molecular weight is 419 g/mol. The molecule has 2 rings (SSSR count). The van der Waals surface area contributed by atoms with E-state index in [1.165, 1.54) is 0 Å². The summed E-state index contributed by atoms with van der Waals surface area (Å²) < 4.78 is 55.4. The van der Waals surface area contributed by atoms with Crippen molar-refractivity contribution in [2.45, 2.75) is 9.79 Å². The SMILES string of the molecule is COC(=O)c1scc(S(C)(=O)=O)c1NS(=O)(=O)c1ccc(C(=O)O)cc1. The highest BCUT2D eigenvalue weighted by molar-refractivity contribution is 7.93. The summed E-state index contributed by atoms with van der Waals surface area (Å²) in [4.78, 5) is 21.8. The van der Waals surface area contributed by atoms with E-state index in [0.717, 1.165) is 54.3 Å². The normalized spacial score (nSPS) is 11.8. The maximum absolute atomic E-state index is 12.5. The highest BCUT2D eigenvalue weighted by atomic mass is 32.2. The van der Waals surface area contributed by atoms with Gasteiger partial charge in [-0.15, -0.1) is 11.3 Å². The Morgan fingerprint density at radius 3 is 2.15 bits per heavy atom. The minimum absolute atomic E-state index is 0.119. The smallest absolute Gasteiger partial charge is 0.350 e. The Bertz CT molecular complexity index is 1070. The monoisotopic (exact) mass is 419 g/mol. The summed E-state index contributed by atoms with van der Waals surface area (Å²) in [6.07, 6.45) is 0.871. The zero-order chi connectivity index (χ0) is 19.7. The lowest BCUT2D eigenvalue weighted by molar-refractivity contribution is 0.0606. The molecule has 26 heavy (non-hydrogen) atoms. The van der Waals surface area contributed by atoms with Gasteiger partial charge in [-0.05, 0) is 24.3 Å². The van der Waals surface area contributed by atoms with Crippen LogP contribution in [-0.2, 0) is 24.6 Å². The first-order valence-electron chi connectivity index (χ1n) is 6.73. The summed E-state index contributed by atoms with van der Waals surface area (Å²) in [5.41, 5.74) is -0.529. The van der Waals surface area contributed by atoms with Gasteiger partial charge in [-0.25, -0.2) is 26.4 Å². The lowest BCUT2D eigenvalue weighted by Crippen LogP contribution is -2.17. The Kier molecular flexibility index (Phi) is 5.39. The summed E-state index contributed by atoms with van der Waals surface area (Å²) in [6.45, 7) is 0. The first-order valence-corrected chi connectivity index (χ1v) is 11.0. The minimum Gasteiger partial charge on any atom is -0.478 e. The molecule has 9 nitrogen and oxygen atoms in total. The maximum Gasteiger partial charge on any atom is 0.350 e. The number of thiophene rings is 1. The van der Waals surface area contributed by atoms with Crippen molar-refractivity contribution in [3.8, 4) is 0 Å². The van der Waals surface area contributed by atoms with Gasteiger partial charge in [0.15, 0.2) is 9.84 Å². The van der Waals surface area contributed by atoms with Crippen molar-refractivity contribution >= 4 is 48.8 Å². The number of carbonyl (C=O) groups is 2. The summed E-state index contributed by atoms with van der Waals surface area (Å²) >= 11 is 0.720. The summed E-state index contributed by atoms with van der Waals surface area (Å²) in [6, 6.07) is 4.28. The van der Waals surface area contributed by atoms with Crippen LogP contribution in [0.4, 0.5) is 5.69 Å². The van der Waals surface area contributed by atoms with E-state index in [4.69, 9.17) is 5.11 Å². The number of sulfone groups is 1. The van der Waals surface area contributed by atoms with Crippen LogP contribution in [0, 0.1) is 0 Å². The van der Waals surface area contributed by atoms with Crippen LogP contribution in [-0.4, -0.2) is 47.2 Å². The molecule has 140 valence electrons. The van der Waals surface area contributed by atoms with Crippen LogP contribution in [0.15, 0.2) is 39.4 Å². The van der Waals surface area contributed by atoms with Gasteiger partial charge in [0.25, 0.3) is 10.0 Å². The molecular formula is C14H13NO8S3. The van der Waals surface area contributed by atoms with Crippen LogP contribution < -0.4 is 4.72 Å². The molecule has 0 radical (unpaired) electrons. The second-order valence-electron chi connectivity index (χ2n) is 5.00. The predicted molar refractivity (Wildman–Crippen MR) is 93.0 cm³/mol. The predicted octanol–water partition coefficient (Wildman–Crippen LogP) is 1.44. The number of carboxylic acid groups (broad SMARTS) is 1. The third-order valence-corrected chi connectivity index (χ3v) is 6.77. The van der Waals surface area contributed by atoms with E-state index < -0.39 is 37.5 Å². The zero-order valence-corrected chi connectivity index (χ0v) is 15.9. The number of anilines is 1. The summed E-state index contributed by atoms with van der Waals surface area (Å²) in [5, 5.41) is 9.99. The molecule has 0 atom stereocenters. The van der Waals surface area contributed by atoms with Crippen molar-refractivity contribution in [3.63, 3.8) is 0 Å². The van der Waals surface area contributed by atoms with E-state index in [0.29, 0.717) is 0 Å². The number of sulfonamides is 1. The molecule has 0 unspecified atom stereocenters. The fraction of sp³-hybridized carbons (Fsp3) is 0.143. The number of ether oxygens (including phenoxy) is 1. The molecule has 0 spiro atoms. The van der Waals surface area contributed by atoms with E-state index in [-0.39, 0.29) is 20.2 Å². The van der Waals surface area contributed by atoms with E-state index in [1.807, 2.05) is 0 Å². The molecule has 0 saturated heterocycles. The van der Waals surface area contributed by atoms with E-state index >= 15 is 0 Å². The number of carbonyl (C=O) groups excluding carboxylic acids is 1. The van der Waals surface area contributed by atoms with Crippen LogP contribution in [0.25, 0.3) is 0 Å². The van der Waals surface area contributed by atoms with Crippen molar-refractivity contribution in [2.24, 2.45) is 0 Å². The largest absolute Gasteiger partial charge is 0.478 e. The lowest BCUT2D eigenvalue weighted by Gasteiger charge is -2.10. The van der Waals surface area contributed by atoms with Gasteiger partial charge < -0.3 is 9.84 Å². The lowest BCUT2D eigenvalue weighted by atomic mass is 10.2. The molecule has 0 aliphatic carbocycles. The molecule has 0 fully saturated rings. The molecular weight excluding hydrogens is 406 g/mol. The van der Waals surface area contributed by atoms with Gasteiger partial charge in [-0.2, -0.15) is 0 Å². The number of rotatable bonds is 6. The number of hydrogen-bond donors (Lipinski definition) is 2. The molecule has 2 N–H and O–H groups in total. The van der Waals surface area contributed by atoms with Crippen molar-refractivity contribution in [2.75, 3.05) is 18.1 Å². The number of aromatic carboxylic acids is 1. The number of methoxy groups -OCH3 is 1. The van der Waals surface area contributed by atoms with Crippen molar-refractivity contribution in [3.05, 3.63) is 40.1 Å². The Morgan fingerprint density at radius 1 is 1.12 bits per heavy atom. The molecule has 1 heterocycles. The van der Waals surface area contributed by atoms with Crippen molar-refractivity contribution < 1.29 is 36.3 Å². The molecule has 1 aromatic carbocycles. The van der Waals surface area contributed by atoms with Gasteiger partial charge in [-0.1, -0.05) is 0 Å². The molecule has 0 aliphatic rings. The molecule has 2 aromatic rings.